The number of primary amides is 1. The average Bonchev–Trinajstić information content (AvgIpc) is 2.60. The largest absolute Gasteiger partial charge is 0.508 e. The number of rotatable bonds is 7. The maximum absolute atomic E-state index is 11.9. The van der Waals surface area contributed by atoms with E-state index >= 15 is 0 Å². The van der Waals surface area contributed by atoms with Crippen LogP contribution in [-0.2, 0) is 4.79 Å². The lowest BCUT2D eigenvalue weighted by Gasteiger charge is -2.09. The number of hydrogen-bond acceptors (Lipinski definition) is 6. The van der Waals surface area contributed by atoms with Gasteiger partial charge in [0.15, 0.2) is 18.1 Å². The zero-order chi connectivity index (χ0) is 18.2. The van der Waals surface area contributed by atoms with Gasteiger partial charge in [0, 0.05) is 5.56 Å². The van der Waals surface area contributed by atoms with Crippen molar-refractivity contribution in [3.63, 3.8) is 0 Å². The van der Waals surface area contributed by atoms with Gasteiger partial charge in [-0.3, -0.25) is 9.59 Å². The number of hydrazone groups is 1. The summed E-state index contributed by atoms with van der Waals surface area (Å²) < 4.78 is 10.4. The fourth-order valence-corrected chi connectivity index (χ4v) is 1.88. The van der Waals surface area contributed by atoms with E-state index in [1.807, 2.05) is 0 Å². The molecule has 0 aliphatic rings. The van der Waals surface area contributed by atoms with E-state index in [0.717, 1.165) is 0 Å². The number of benzene rings is 2. The Kier molecular flexibility index (Phi) is 5.94. The van der Waals surface area contributed by atoms with E-state index in [9.17, 15) is 14.7 Å². The van der Waals surface area contributed by atoms with E-state index in [1.54, 1.807) is 18.2 Å². The minimum atomic E-state index is -0.593. The van der Waals surface area contributed by atoms with Crippen molar-refractivity contribution in [2.24, 2.45) is 10.8 Å². The van der Waals surface area contributed by atoms with Crippen molar-refractivity contribution < 1.29 is 24.2 Å². The average molecular weight is 343 g/mol. The molecule has 0 aliphatic carbocycles. The van der Waals surface area contributed by atoms with Crippen LogP contribution in [0.15, 0.2) is 47.6 Å². The van der Waals surface area contributed by atoms with Crippen LogP contribution in [0, 0.1) is 0 Å². The standard InChI is InChI=1S/C17H17N3O5/c1-24-15-8-11(2-7-14(15)25-10-16(18)22)9-19-20-17(23)12-3-5-13(21)6-4-12/h2-9,21H,10H2,1H3,(H2,18,22)(H,20,23)/b19-9+. The summed E-state index contributed by atoms with van der Waals surface area (Å²) in [5.41, 5.74) is 8.42. The van der Waals surface area contributed by atoms with Gasteiger partial charge in [-0.1, -0.05) is 0 Å². The first-order chi connectivity index (χ1) is 12.0. The van der Waals surface area contributed by atoms with Crippen molar-refractivity contribution in [2.45, 2.75) is 0 Å². The molecular weight excluding hydrogens is 326 g/mol. The molecule has 0 unspecified atom stereocenters. The van der Waals surface area contributed by atoms with Crippen molar-refractivity contribution in [3.8, 4) is 17.2 Å². The molecule has 0 saturated heterocycles. The van der Waals surface area contributed by atoms with E-state index in [2.05, 4.69) is 10.5 Å². The summed E-state index contributed by atoms with van der Waals surface area (Å²) in [5, 5.41) is 13.1. The van der Waals surface area contributed by atoms with Crippen LogP contribution in [0.4, 0.5) is 0 Å². The second kappa shape index (κ2) is 8.34. The highest BCUT2D eigenvalue weighted by Crippen LogP contribution is 2.27. The molecule has 130 valence electrons. The molecule has 0 radical (unpaired) electrons. The lowest BCUT2D eigenvalue weighted by atomic mass is 10.2. The zero-order valence-corrected chi connectivity index (χ0v) is 13.4. The van der Waals surface area contributed by atoms with Gasteiger partial charge in [0.25, 0.3) is 11.8 Å². The quantitative estimate of drug-likeness (QED) is 0.512. The van der Waals surface area contributed by atoms with Crippen molar-refractivity contribution >= 4 is 18.0 Å². The molecule has 0 bridgehead atoms. The van der Waals surface area contributed by atoms with E-state index in [-0.39, 0.29) is 12.4 Å². The Labute approximate surface area is 143 Å². The van der Waals surface area contributed by atoms with Crippen LogP contribution in [0.5, 0.6) is 17.2 Å². The number of nitrogens with one attached hydrogen (secondary N) is 1. The molecule has 8 nitrogen and oxygen atoms in total. The Morgan fingerprint density at radius 1 is 1.20 bits per heavy atom. The normalized spacial score (nSPS) is 10.4. The van der Waals surface area contributed by atoms with Crippen molar-refractivity contribution in [1.29, 1.82) is 0 Å². The maximum Gasteiger partial charge on any atom is 0.271 e. The van der Waals surface area contributed by atoms with Gasteiger partial charge in [-0.25, -0.2) is 5.43 Å². The molecule has 0 atom stereocenters. The fourth-order valence-electron chi connectivity index (χ4n) is 1.88. The number of ether oxygens (including phenoxy) is 2. The number of phenols is 1. The molecular formula is C17H17N3O5. The van der Waals surface area contributed by atoms with Gasteiger partial charge in [-0.2, -0.15) is 5.10 Å². The number of nitrogens with two attached hydrogens (primary N) is 1. The second-order valence-electron chi connectivity index (χ2n) is 4.91. The van der Waals surface area contributed by atoms with Crippen LogP contribution in [-0.4, -0.2) is 36.9 Å². The van der Waals surface area contributed by atoms with E-state index < -0.39 is 11.8 Å². The van der Waals surface area contributed by atoms with Crippen LogP contribution in [0.2, 0.25) is 0 Å². The van der Waals surface area contributed by atoms with Gasteiger partial charge in [0.05, 0.1) is 13.3 Å². The monoisotopic (exact) mass is 343 g/mol. The maximum atomic E-state index is 11.9. The predicted octanol–water partition coefficient (Wildman–Crippen LogP) is 1.03. The topological polar surface area (TPSA) is 123 Å². The summed E-state index contributed by atoms with van der Waals surface area (Å²) in [6.07, 6.45) is 1.43. The van der Waals surface area contributed by atoms with Crippen molar-refractivity contribution in [3.05, 3.63) is 53.6 Å². The summed E-state index contributed by atoms with van der Waals surface area (Å²) >= 11 is 0. The number of aromatic hydroxyl groups is 1. The Balaban J connectivity index is 2.01. The first-order valence-electron chi connectivity index (χ1n) is 7.21. The van der Waals surface area contributed by atoms with Gasteiger partial charge >= 0.3 is 0 Å². The van der Waals surface area contributed by atoms with E-state index in [1.165, 1.54) is 37.6 Å². The van der Waals surface area contributed by atoms with Crippen LogP contribution in [0.25, 0.3) is 0 Å². The van der Waals surface area contributed by atoms with Crippen molar-refractivity contribution in [1.82, 2.24) is 5.43 Å². The van der Waals surface area contributed by atoms with Crippen LogP contribution in [0.1, 0.15) is 15.9 Å². The first kappa shape index (κ1) is 17.8. The van der Waals surface area contributed by atoms with Gasteiger partial charge in [0.2, 0.25) is 0 Å². The number of carbonyl (C=O) groups excluding carboxylic acids is 2. The minimum absolute atomic E-state index is 0.0748. The lowest BCUT2D eigenvalue weighted by Crippen LogP contribution is -2.20. The minimum Gasteiger partial charge on any atom is -0.508 e. The number of amides is 2. The molecule has 2 aromatic rings. The molecule has 2 aromatic carbocycles. The fraction of sp³-hybridized carbons (Fsp3) is 0.118. The molecule has 25 heavy (non-hydrogen) atoms. The number of hydrogen-bond donors (Lipinski definition) is 3. The third kappa shape index (κ3) is 5.24. The number of nitrogens with zero attached hydrogens (tertiary/aromatic N) is 1. The van der Waals surface area contributed by atoms with Gasteiger partial charge in [-0.05, 0) is 48.0 Å². The summed E-state index contributed by atoms with van der Waals surface area (Å²) in [7, 11) is 1.46. The predicted molar refractivity (Wildman–Crippen MR) is 90.9 cm³/mol. The van der Waals surface area contributed by atoms with E-state index in [4.69, 9.17) is 15.2 Å². The third-order valence-corrected chi connectivity index (χ3v) is 3.07. The smallest absolute Gasteiger partial charge is 0.271 e. The summed E-state index contributed by atoms with van der Waals surface area (Å²) in [4.78, 5) is 22.6. The van der Waals surface area contributed by atoms with E-state index in [0.29, 0.717) is 22.6 Å². The molecule has 2 amide bonds. The molecule has 0 spiro atoms. The zero-order valence-electron chi connectivity index (χ0n) is 13.4. The Morgan fingerprint density at radius 2 is 1.92 bits per heavy atom. The highest BCUT2D eigenvalue weighted by Gasteiger charge is 2.07. The highest BCUT2D eigenvalue weighted by molar-refractivity contribution is 5.95. The molecule has 4 N–H and O–H groups in total. The van der Waals surface area contributed by atoms with Crippen LogP contribution < -0.4 is 20.6 Å². The van der Waals surface area contributed by atoms with Gasteiger partial charge in [-0.15, -0.1) is 0 Å². The Morgan fingerprint density at radius 3 is 2.56 bits per heavy atom. The first-order valence-corrected chi connectivity index (χ1v) is 7.21. The SMILES string of the molecule is COc1cc(/C=N/NC(=O)c2ccc(O)cc2)ccc1OCC(N)=O. The lowest BCUT2D eigenvalue weighted by molar-refractivity contribution is -0.119. The third-order valence-electron chi connectivity index (χ3n) is 3.07. The number of methoxy groups -OCH3 is 1. The molecule has 0 aliphatic heterocycles. The van der Waals surface area contributed by atoms with Gasteiger partial charge < -0.3 is 20.3 Å². The van der Waals surface area contributed by atoms with Gasteiger partial charge in [0.1, 0.15) is 5.75 Å². The molecule has 2 rings (SSSR count). The summed E-state index contributed by atoms with van der Waals surface area (Å²) in [6.45, 7) is -0.257. The Bertz CT molecular complexity index is 787. The Hall–Kier alpha value is -3.55. The number of carbonyl (C=O) groups is 2. The summed E-state index contributed by atoms with van der Waals surface area (Å²) in [5.74, 6) is -0.165. The molecule has 0 heterocycles. The van der Waals surface area contributed by atoms with Crippen molar-refractivity contribution in [2.75, 3.05) is 13.7 Å². The highest BCUT2D eigenvalue weighted by atomic mass is 16.5. The summed E-state index contributed by atoms with van der Waals surface area (Å²) in [6, 6.07) is 10.7. The molecule has 0 saturated carbocycles. The molecule has 8 heteroatoms. The second-order valence-corrected chi connectivity index (χ2v) is 4.91. The van der Waals surface area contributed by atoms with Crippen LogP contribution in [0.3, 0.4) is 0 Å². The molecule has 0 fully saturated rings. The van der Waals surface area contributed by atoms with Crippen LogP contribution >= 0.6 is 0 Å². The molecule has 0 aromatic heterocycles. The number of phenolic OH excluding ortho intramolecular Hbond substituents is 1.